The van der Waals surface area contributed by atoms with Crippen LogP contribution in [0.15, 0.2) is 64.2 Å². The summed E-state index contributed by atoms with van der Waals surface area (Å²) in [6.07, 6.45) is 2.94. The highest BCUT2D eigenvalue weighted by Gasteiger charge is 2.12. The Morgan fingerprint density at radius 2 is 1.80 bits per heavy atom. The fourth-order valence-corrected chi connectivity index (χ4v) is 3.47. The molecule has 158 valence electrons. The van der Waals surface area contributed by atoms with Gasteiger partial charge in [0.15, 0.2) is 0 Å². The number of primary sulfonamides is 1. The minimum absolute atomic E-state index is 0.0664. The van der Waals surface area contributed by atoms with Crippen molar-refractivity contribution in [3.05, 3.63) is 65.9 Å². The van der Waals surface area contributed by atoms with Crippen LogP contribution in [-0.4, -0.2) is 33.1 Å². The van der Waals surface area contributed by atoms with E-state index in [0.29, 0.717) is 31.5 Å². The van der Waals surface area contributed by atoms with Gasteiger partial charge in [-0.15, -0.1) is 0 Å². The van der Waals surface area contributed by atoms with Crippen molar-refractivity contribution < 1.29 is 22.5 Å². The SMILES string of the molecule is COc1ccc(-c2nocc2CCC(=O)NCCc2ccc(S(N)(=O)=O)cc2)cc1. The van der Waals surface area contributed by atoms with E-state index in [9.17, 15) is 13.2 Å². The normalized spacial score (nSPS) is 11.3. The summed E-state index contributed by atoms with van der Waals surface area (Å²) in [6, 6.07) is 13.8. The number of nitrogens with one attached hydrogen (secondary N) is 1. The summed E-state index contributed by atoms with van der Waals surface area (Å²) in [5.74, 6) is 0.667. The van der Waals surface area contributed by atoms with Crippen molar-refractivity contribution in [1.29, 1.82) is 0 Å². The van der Waals surface area contributed by atoms with Gasteiger partial charge in [-0.1, -0.05) is 17.3 Å². The fraction of sp³-hybridized carbons (Fsp3) is 0.238. The van der Waals surface area contributed by atoms with Crippen molar-refractivity contribution in [2.24, 2.45) is 5.14 Å². The van der Waals surface area contributed by atoms with Crippen LogP contribution >= 0.6 is 0 Å². The first-order valence-corrected chi connectivity index (χ1v) is 10.9. The number of hydrogen-bond acceptors (Lipinski definition) is 6. The highest BCUT2D eigenvalue weighted by Crippen LogP contribution is 2.25. The highest BCUT2D eigenvalue weighted by molar-refractivity contribution is 7.89. The monoisotopic (exact) mass is 429 g/mol. The second-order valence-electron chi connectivity index (χ2n) is 6.71. The largest absolute Gasteiger partial charge is 0.497 e. The Morgan fingerprint density at radius 1 is 1.10 bits per heavy atom. The molecule has 3 rings (SSSR count). The van der Waals surface area contributed by atoms with Crippen LogP contribution in [0.5, 0.6) is 5.75 Å². The van der Waals surface area contributed by atoms with Crippen molar-refractivity contribution in [2.45, 2.75) is 24.2 Å². The van der Waals surface area contributed by atoms with Gasteiger partial charge in [-0.25, -0.2) is 13.6 Å². The number of hydrogen-bond donors (Lipinski definition) is 2. The van der Waals surface area contributed by atoms with Crippen molar-refractivity contribution >= 4 is 15.9 Å². The zero-order chi connectivity index (χ0) is 21.6. The van der Waals surface area contributed by atoms with E-state index < -0.39 is 10.0 Å². The summed E-state index contributed by atoms with van der Waals surface area (Å²) in [5, 5.41) is 12.0. The molecule has 0 spiro atoms. The van der Waals surface area contributed by atoms with Crippen LogP contribution in [-0.2, 0) is 27.7 Å². The third-order valence-electron chi connectivity index (χ3n) is 4.62. The van der Waals surface area contributed by atoms with E-state index in [4.69, 9.17) is 14.4 Å². The van der Waals surface area contributed by atoms with Crippen LogP contribution in [0.4, 0.5) is 0 Å². The molecule has 0 aliphatic carbocycles. The molecule has 0 aliphatic rings. The molecule has 30 heavy (non-hydrogen) atoms. The molecule has 0 saturated carbocycles. The number of aromatic nitrogens is 1. The predicted molar refractivity (Wildman–Crippen MR) is 111 cm³/mol. The molecule has 2 aromatic carbocycles. The number of carbonyl (C=O) groups excluding carboxylic acids is 1. The molecule has 0 bridgehead atoms. The van der Waals surface area contributed by atoms with Gasteiger partial charge in [0, 0.05) is 24.1 Å². The number of amides is 1. The predicted octanol–water partition coefficient (Wildman–Crippen LogP) is 2.29. The van der Waals surface area contributed by atoms with E-state index in [1.54, 1.807) is 25.5 Å². The van der Waals surface area contributed by atoms with Gasteiger partial charge < -0.3 is 14.6 Å². The van der Waals surface area contributed by atoms with E-state index in [0.717, 1.165) is 22.4 Å². The van der Waals surface area contributed by atoms with Gasteiger partial charge in [-0.05, 0) is 54.8 Å². The molecular weight excluding hydrogens is 406 g/mol. The van der Waals surface area contributed by atoms with Gasteiger partial charge in [0.2, 0.25) is 15.9 Å². The number of ether oxygens (including phenoxy) is 1. The molecule has 1 aromatic heterocycles. The Labute approximate surface area is 175 Å². The van der Waals surface area contributed by atoms with Crippen molar-refractivity contribution in [1.82, 2.24) is 10.5 Å². The molecule has 0 aliphatic heterocycles. The third kappa shape index (κ3) is 5.68. The van der Waals surface area contributed by atoms with Gasteiger partial charge >= 0.3 is 0 Å². The van der Waals surface area contributed by atoms with Crippen LogP contribution in [0.2, 0.25) is 0 Å². The lowest BCUT2D eigenvalue weighted by molar-refractivity contribution is -0.121. The molecule has 0 saturated heterocycles. The number of nitrogens with two attached hydrogens (primary N) is 1. The molecule has 1 heterocycles. The van der Waals surface area contributed by atoms with Gasteiger partial charge in [-0.2, -0.15) is 0 Å². The number of nitrogens with zero attached hydrogens (tertiary/aromatic N) is 1. The summed E-state index contributed by atoms with van der Waals surface area (Å²) in [5.41, 5.74) is 3.36. The Bertz CT molecular complexity index is 1090. The van der Waals surface area contributed by atoms with E-state index in [1.165, 1.54) is 12.1 Å². The zero-order valence-electron chi connectivity index (χ0n) is 16.5. The number of aryl methyl sites for hydroxylation is 1. The molecule has 8 nitrogen and oxygen atoms in total. The maximum Gasteiger partial charge on any atom is 0.238 e. The molecular formula is C21H23N3O5S. The van der Waals surface area contributed by atoms with Gasteiger partial charge in [-0.3, -0.25) is 4.79 Å². The smallest absolute Gasteiger partial charge is 0.238 e. The maximum atomic E-state index is 12.2. The first kappa shape index (κ1) is 21.5. The second-order valence-corrected chi connectivity index (χ2v) is 8.27. The van der Waals surface area contributed by atoms with Crippen LogP contribution in [0.3, 0.4) is 0 Å². The standard InChI is InChI=1S/C21H23N3O5S/c1-28-18-7-4-16(5-8-18)21-17(14-29-24-21)6-11-20(25)23-13-12-15-2-9-19(10-3-15)30(22,26)27/h2-5,7-10,14H,6,11-13H2,1H3,(H,23,25)(H2,22,26,27). The minimum Gasteiger partial charge on any atom is -0.497 e. The average molecular weight is 429 g/mol. The molecule has 0 fully saturated rings. The van der Waals surface area contributed by atoms with Crippen molar-refractivity contribution in [2.75, 3.05) is 13.7 Å². The maximum absolute atomic E-state index is 12.2. The quantitative estimate of drug-likeness (QED) is 0.538. The summed E-state index contributed by atoms with van der Waals surface area (Å²) in [6.45, 7) is 0.447. The van der Waals surface area contributed by atoms with Crippen molar-refractivity contribution in [3.63, 3.8) is 0 Å². The van der Waals surface area contributed by atoms with Crippen molar-refractivity contribution in [3.8, 4) is 17.0 Å². The topological polar surface area (TPSA) is 125 Å². The second kappa shape index (κ2) is 9.55. The summed E-state index contributed by atoms with van der Waals surface area (Å²) < 4.78 is 32.8. The average Bonchev–Trinajstić information content (AvgIpc) is 3.21. The van der Waals surface area contributed by atoms with Crippen LogP contribution < -0.4 is 15.2 Å². The molecule has 9 heteroatoms. The van der Waals surface area contributed by atoms with Crippen LogP contribution in [0.25, 0.3) is 11.3 Å². The molecule has 0 atom stereocenters. The van der Waals surface area contributed by atoms with E-state index >= 15 is 0 Å². The lowest BCUT2D eigenvalue weighted by Crippen LogP contribution is -2.25. The molecule has 0 radical (unpaired) electrons. The highest BCUT2D eigenvalue weighted by atomic mass is 32.2. The zero-order valence-corrected chi connectivity index (χ0v) is 17.3. The van der Waals surface area contributed by atoms with E-state index in [-0.39, 0.29) is 10.8 Å². The van der Waals surface area contributed by atoms with E-state index in [2.05, 4.69) is 10.5 Å². The lowest BCUT2D eigenvalue weighted by atomic mass is 10.0. The number of methoxy groups -OCH3 is 1. The first-order chi connectivity index (χ1) is 14.4. The number of rotatable bonds is 9. The number of carbonyl (C=O) groups is 1. The fourth-order valence-electron chi connectivity index (χ4n) is 2.95. The van der Waals surface area contributed by atoms with Gasteiger partial charge in [0.25, 0.3) is 0 Å². The molecule has 3 N–H and O–H groups in total. The third-order valence-corrected chi connectivity index (χ3v) is 5.54. The Morgan fingerprint density at radius 3 is 2.43 bits per heavy atom. The van der Waals surface area contributed by atoms with Crippen LogP contribution in [0.1, 0.15) is 17.5 Å². The number of sulfonamides is 1. The first-order valence-electron chi connectivity index (χ1n) is 9.33. The molecule has 0 unspecified atom stereocenters. The van der Waals surface area contributed by atoms with Gasteiger partial charge in [0.1, 0.15) is 17.7 Å². The summed E-state index contributed by atoms with van der Waals surface area (Å²) in [7, 11) is -2.09. The van der Waals surface area contributed by atoms with Crippen LogP contribution in [0, 0.1) is 0 Å². The Hall–Kier alpha value is -3.17. The van der Waals surface area contributed by atoms with E-state index in [1.807, 2.05) is 24.3 Å². The Balaban J connectivity index is 1.48. The number of benzene rings is 2. The minimum atomic E-state index is -3.70. The molecule has 3 aromatic rings. The lowest BCUT2D eigenvalue weighted by Gasteiger charge is -2.06. The Kier molecular flexibility index (Phi) is 6.86. The summed E-state index contributed by atoms with van der Waals surface area (Å²) in [4.78, 5) is 12.2. The molecule has 1 amide bonds. The van der Waals surface area contributed by atoms with Gasteiger partial charge in [0.05, 0.1) is 12.0 Å². The summed E-state index contributed by atoms with van der Waals surface area (Å²) >= 11 is 0.